The molecule has 0 saturated carbocycles. The smallest absolute Gasteiger partial charge is 0.219 e. The van der Waals surface area contributed by atoms with Gasteiger partial charge in [-0.05, 0) is 31.1 Å². The molecule has 0 aromatic heterocycles. The van der Waals surface area contributed by atoms with Gasteiger partial charge in [-0.1, -0.05) is 65.7 Å². The lowest BCUT2D eigenvalue weighted by molar-refractivity contribution is -0.120. The third kappa shape index (κ3) is 10.3. The van der Waals surface area contributed by atoms with E-state index < -0.39 is 0 Å². The molecule has 1 atom stereocenters. The van der Waals surface area contributed by atoms with Crippen LogP contribution in [0.5, 0.6) is 0 Å². The van der Waals surface area contributed by atoms with Crippen molar-refractivity contribution in [2.45, 2.75) is 97.8 Å². The fourth-order valence-electron chi connectivity index (χ4n) is 2.93. The van der Waals surface area contributed by atoms with Crippen molar-refractivity contribution in [2.24, 2.45) is 5.41 Å². The van der Waals surface area contributed by atoms with Crippen LogP contribution < -0.4 is 5.32 Å². The summed E-state index contributed by atoms with van der Waals surface area (Å²) in [6.07, 6.45) is 15.0. The van der Waals surface area contributed by atoms with E-state index in [-0.39, 0.29) is 5.91 Å². The molecular weight excluding hydrogens is 246 g/mol. The minimum atomic E-state index is 0.186. The van der Waals surface area contributed by atoms with Crippen LogP contribution in [0.2, 0.25) is 0 Å². The van der Waals surface area contributed by atoms with E-state index in [0.29, 0.717) is 11.8 Å². The molecule has 1 N–H and O–H groups in total. The highest BCUT2D eigenvalue weighted by Crippen LogP contribution is 2.36. The van der Waals surface area contributed by atoms with Crippen molar-refractivity contribution in [3.05, 3.63) is 0 Å². The van der Waals surface area contributed by atoms with Crippen molar-refractivity contribution in [2.75, 3.05) is 7.05 Å². The number of hydrogen-bond acceptors (Lipinski definition) is 1. The van der Waals surface area contributed by atoms with Crippen LogP contribution in [-0.2, 0) is 4.79 Å². The van der Waals surface area contributed by atoms with E-state index in [0.717, 1.165) is 6.42 Å². The first kappa shape index (κ1) is 19.5. The minimum Gasteiger partial charge on any atom is -0.359 e. The molecule has 120 valence electrons. The maximum Gasteiger partial charge on any atom is 0.219 e. The molecule has 0 bridgehead atoms. The summed E-state index contributed by atoms with van der Waals surface area (Å²) in [6, 6.07) is 0. The monoisotopic (exact) mass is 283 g/mol. The second-order valence-corrected chi connectivity index (χ2v) is 6.61. The lowest BCUT2D eigenvalue weighted by Gasteiger charge is -2.30. The maximum atomic E-state index is 11.3. The predicted octanol–water partition coefficient (Wildman–Crippen LogP) is 5.46. The second-order valence-electron chi connectivity index (χ2n) is 6.61. The molecule has 0 aliphatic rings. The van der Waals surface area contributed by atoms with Crippen molar-refractivity contribution in [3.8, 4) is 0 Å². The van der Waals surface area contributed by atoms with Crippen molar-refractivity contribution in [3.63, 3.8) is 0 Å². The zero-order valence-electron chi connectivity index (χ0n) is 14.4. The molecule has 20 heavy (non-hydrogen) atoms. The van der Waals surface area contributed by atoms with Gasteiger partial charge in [-0.3, -0.25) is 4.79 Å². The van der Waals surface area contributed by atoms with Gasteiger partial charge in [0.25, 0.3) is 0 Å². The fraction of sp³-hybridized carbons (Fsp3) is 0.944. The normalized spacial score (nSPS) is 14.0. The van der Waals surface area contributed by atoms with Gasteiger partial charge in [-0.15, -0.1) is 0 Å². The largest absolute Gasteiger partial charge is 0.359 e. The number of hydrogen-bond donors (Lipinski definition) is 1. The molecular formula is C18H37NO. The Morgan fingerprint density at radius 2 is 1.40 bits per heavy atom. The summed E-state index contributed by atoms with van der Waals surface area (Å²) in [6.45, 7) is 6.97. The Balaban J connectivity index is 4.03. The Morgan fingerprint density at radius 3 is 2.00 bits per heavy atom. The van der Waals surface area contributed by atoms with E-state index in [2.05, 4.69) is 26.1 Å². The molecule has 0 fully saturated rings. The first-order valence-corrected chi connectivity index (χ1v) is 8.78. The van der Waals surface area contributed by atoms with Crippen LogP contribution in [0.15, 0.2) is 0 Å². The van der Waals surface area contributed by atoms with Gasteiger partial charge in [0, 0.05) is 13.5 Å². The molecule has 0 aromatic carbocycles. The first-order valence-electron chi connectivity index (χ1n) is 8.78. The van der Waals surface area contributed by atoms with Crippen LogP contribution in [0.4, 0.5) is 0 Å². The van der Waals surface area contributed by atoms with Crippen molar-refractivity contribution < 1.29 is 4.79 Å². The van der Waals surface area contributed by atoms with Gasteiger partial charge >= 0.3 is 0 Å². The summed E-state index contributed by atoms with van der Waals surface area (Å²) < 4.78 is 0. The van der Waals surface area contributed by atoms with E-state index in [1.807, 2.05) is 0 Å². The molecule has 2 nitrogen and oxygen atoms in total. The molecule has 0 aliphatic carbocycles. The van der Waals surface area contributed by atoms with Gasteiger partial charge in [0.05, 0.1) is 0 Å². The topological polar surface area (TPSA) is 29.1 Å². The van der Waals surface area contributed by atoms with Crippen LogP contribution >= 0.6 is 0 Å². The fourth-order valence-corrected chi connectivity index (χ4v) is 2.93. The summed E-state index contributed by atoms with van der Waals surface area (Å²) in [5, 5.41) is 2.72. The Kier molecular flexibility index (Phi) is 11.9. The van der Waals surface area contributed by atoms with Crippen LogP contribution in [0, 0.1) is 5.41 Å². The van der Waals surface area contributed by atoms with Crippen LogP contribution in [0.3, 0.4) is 0 Å². The quantitative estimate of drug-likeness (QED) is 0.447. The maximum absolute atomic E-state index is 11.3. The SMILES string of the molecule is CCCCCCCC(C)(CCCC)CCCC(=O)NC. The van der Waals surface area contributed by atoms with E-state index >= 15 is 0 Å². The van der Waals surface area contributed by atoms with Gasteiger partial charge in [0.2, 0.25) is 5.91 Å². The molecule has 0 aliphatic heterocycles. The zero-order valence-corrected chi connectivity index (χ0v) is 14.4. The number of carbonyl (C=O) groups excluding carboxylic acids is 1. The molecule has 0 rings (SSSR count). The number of rotatable bonds is 13. The molecule has 1 amide bonds. The minimum absolute atomic E-state index is 0.186. The van der Waals surface area contributed by atoms with Gasteiger partial charge in [0.15, 0.2) is 0 Å². The third-order valence-corrected chi connectivity index (χ3v) is 4.48. The Hall–Kier alpha value is -0.530. The predicted molar refractivity (Wildman–Crippen MR) is 88.9 cm³/mol. The lowest BCUT2D eigenvalue weighted by Crippen LogP contribution is -2.20. The van der Waals surface area contributed by atoms with Crippen LogP contribution in [0.25, 0.3) is 0 Å². The van der Waals surface area contributed by atoms with E-state index in [4.69, 9.17) is 0 Å². The summed E-state index contributed by atoms with van der Waals surface area (Å²) in [7, 11) is 1.73. The highest BCUT2D eigenvalue weighted by molar-refractivity contribution is 5.75. The zero-order chi connectivity index (χ0) is 15.3. The number of amides is 1. The van der Waals surface area contributed by atoms with Crippen molar-refractivity contribution in [1.82, 2.24) is 5.32 Å². The molecule has 1 unspecified atom stereocenters. The molecule has 0 aromatic rings. The number of carbonyl (C=O) groups is 1. The number of nitrogens with one attached hydrogen (secondary N) is 1. The van der Waals surface area contributed by atoms with Gasteiger partial charge in [0.1, 0.15) is 0 Å². The summed E-state index contributed by atoms with van der Waals surface area (Å²) in [5.74, 6) is 0.186. The first-order chi connectivity index (χ1) is 9.58. The van der Waals surface area contributed by atoms with E-state index in [1.165, 1.54) is 64.2 Å². The molecule has 0 spiro atoms. The second kappa shape index (κ2) is 12.2. The van der Waals surface area contributed by atoms with E-state index in [1.54, 1.807) is 7.05 Å². The highest BCUT2D eigenvalue weighted by Gasteiger charge is 2.22. The standard InChI is InChI=1S/C18H37NO/c1-5-7-9-10-11-15-18(3,14-8-6-2)16-12-13-17(20)19-4/h5-16H2,1-4H3,(H,19,20). The van der Waals surface area contributed by atoms with Gasteiger partial charge in [-0.25, -0.2) is 0 Å². The Bertz CT molecular complexity index is 240. The van der Waals surface area contributed by atoms with Crippen LogP contribution in [0.1, 0.15) is 97.8 Å². The summed E-state index contributed by atoms with van der Waals surface area (Å²) in [4.78, 5) is 11.3. The third-order valence-electron chi connectivity index (χ3n) is 4.48. The molecule has 2 heteroatoms. The van der Waals surface area contributed by atoms with Gasteiger partial charge < -0.3 is 5.32 Å². The number of unbranched alkanes of at least 4 members (excludes halogenated alkanes) is 5. The molecule has 0 saturated heterocycles. The summed E-state index contributed by atoms with van der Waals surface area (Å²) >= 11 is 0. The van der Waals surface area contributed by atoms with Crippen LogP contribution in [-0.4, -0.2) is 13.0 Å². The molecule has 0 radical (unpaired) electrons. The van der Waals surface area contributed by atoms with Crippen molar-refractivity contribution in [1.29, 1.82) is 0 Å². The Labute approximate surface area is 127 Å². The average Bonchev–Trinajstić information content (AvgIpc) is 2.45. The lowest BCUT2D eigenvalue weighted by atomic mass is 9.76. The van der Waals surface area contributed by atoms with Crippen molar-refractivity contribution >= 4 is 5.91 Å². The average molecular weight is 283 g/mol. The van der Waals surface area contributed by atoms with Gasteiger partial charge in [-0.2, -0.15) is 0 Å². The van der Waals surface area contributed by atoms with E-state index in [9.17, 15) is 4.79 Å². The summed E-state index contributed by atoms with van der Waals surface area (Å²) in [5.41, 5.74) is 0.455. The Morgan fingerprint density at radius 1 is 0.850 bits per heavy atom. The molecule has 0 heterocycles. The highest BCUT2D eigenvalue weighted by atomic mass is 16.1.